The first-order valence-electron chi connectivity index (χ1n) is 10.2. The SMILES string of the molecule is C=C(N)N[C@@](Cc1ccccc1)(c1cc(F)cc(CC(F)(F)C(F)F)c1)c1ccc(C)cn1. The van der Waals surface area contributed by atoms with E-state index in [1.54, 1.807) is 18.3 Å². The predicted octanol–water partition coefficient (Wildman–Crippen LogP) is 5.48. The molecule has 0 bridgehead atoms. The Morgan fingerprint density at radius 3 is 2.30 bits per heavy atom. The zero-order valence-electron chi connectivity index (χ0n) is 18.0. The Labute approximate surface area is 189 Å². The number of hydrogen-bond donors (Lipinski definition) is 2. The molecule has 0 saturated carbocycles. The van der Waals surface area contributed by atoms with Gasteiger partial charge in [0, 0.05) is 19.0 Å². The molecule has 2 aromatic carbocycles. The molecule has 1 heterocycles. The highest BCUT2D eigenvalue weighted by Crippen LogP contribution is 2.36. The fourth-order valence-corrected chi connectivity index (χ4v) is 3.77. The molecule has 0 radical (unpaired) electrons. The smallest absolute Gasteiger partial charge is 0.311 e. The summed E-state index contributed by atoms with van der Waals surface area (Å²) >= 11 is 0. The number of aryl methyl sites for hydroxylation is 1. The maximum atomic E-state index is 14.7. The van der Waals surface area contributed by atoms with Crippen molar-refractivity contribution in [3.05, 3.63) is 113 Å². The maximum Gasteiger partial charge on any atom is 0.311 e. The van der Waals surface area contributed by atoms with E-state index in [0.717, 1.165) is 23.3 Å². The van der Waals surface area contributed by atoms with Crippen LogP contribution in [0.5, 0.6) is 0 Å². The van der Waals surface area contributed by atoms with Crippen LogP contribution in [0, 0.1) is 12.7 Å². The van der Waals surface area contributed by atoms with E-state index in [4.69, 9.17) is 5.73 Å². The lowest BCUT2D eigenvalue weighted by Gasteiger charge is -2.36. The maximum absolute atomic E-state index is 14.7. The lowest BCUT2D eigenvalue weighted by molar-refractivity contribution is -0.127. The van der Waals surface area contributed by atoms with Gasteiger partial charge in [0.15, 0.2) is 0 Å². The second-order valence-electron chi connectivity index (χ2n) is 8.03. The number of aromatic nitrogens is 1. The van der Waals surface area contributed by atoms with E-state index in [2.05, 4.69) is 16.9 Å². The van der Waals surface area contributed by atoms with Gasteiger partial charge in [0.25, 0.3) is 0 Å². The van der Waals surface area contributed by atoms with Crippen molar-refractivity contribution in [2.24, 2.45) is 5.73 Å². The number of nitrogens with one attached hydrogen (secondary N) is 1. The van der Waals surface area contributed by atoms with Crippen molar-refractivity contribution >= 4 is 0 Å². The lowest BCUT2D eigenvalue weighted by Crippen LogP contribution is -2.47. The molecule has 0 aliphatic heterocycles. The molecule has 0 amide bonds. The van der Waals surface area contributed by atoms with Crippen LogP contribution in [0.3, 0.4) is 0 Å². The van der Waals surface area contributed by atoms with Crippen LogP contribution in [0.15, 0.2) is 79.3 Å². The highest BCUT2D eigenvalue weighted by atomic mass is 19.3. The molecule has 3 aromatic rings. The van der Waals surface area contributed by atoms with Crippen LogP contribution in [-0.4, -0.2) is 17.3 Å². The molecule has 3 N–H and O–H groups in total. The van der Waals surface area contributed by atoms with Crippen LogP contribution in [0.4, 0.5) is 22.0 Å². The first-order valence-corrected chi connectivity index (χ1v) is 10.2. The van der Waals surface area contributed by atoms with Crippen LogP contribution in [0.1, 0.15) is 27.9 Å². The minimum Gasteiger partial charge on any atom is -0.386 e. The fraction of sp³-hybridized carbons (Fsp3) is 0.240. The van der Waals surface area contributed by atoms with Crippen LogP contribution >= 0.6 is 0 Å². The van der Waals surface area contributed by atoms with Crippen molar-refractivity contribution in [3.63, 3.8) is 0 Å². The zero-order valence-corrected chi connectivity index (χ0v) is 18.0. The third kappa shape index (κ3) is 5.69. The van der Waals surface area contributed by atoms with Gasteiger partial charge in [0.2, 0.25) is 0 Å². The molecule has 0 spiro atoms. The van der Waals surface area contributed by atoms with E-state index in [9.17, 15) is 22.0 Å². The molecule has 3 rings (SSSR count). The fourth-order valence-electron chi connectivity index (χ4n) is 3.77. The number of nitrogens with two attached hydrogens (primary N) is 1. The zero-order chi connectivity index (χ0) is 24.2. The predicted molar refractivity (Wildman–Crippen MR) is 117 cm³/mol. The summed E-state index contributed by atoms with van der Waals surface area (Å²) in [5, 5.41) is 3.05. The second-order valence-corrected chi connectivity index (χ2v) is 8.03. The van der Waals surface area contributed by atoms with Crippen LogP contribution in [-0.2, 0) is 18.4 Å². The van der Waals surface area contributed by atoms with Gasteiger partial charge < -0.3 is 11.1 Å². The van der Waals surface area contributed by atoms with Crippen molar-refractivity contribution in [2.45, 2.75) is 37.7 Å². The number of rotatable bonds is 9. The van der Waals surface area contributed by atoms with E-state index in [0.29, 0.717) is 5.69 Å². The summed E-state index contributed by atoms with van der Waals surface area (Å²) in [5.74, 6) is -5.11. The van der Waals surface area contributed by atoms with Gasteiger partial charge in [-0.3, -0.25) is 4.98 Å². The Balaban J connectivity index is 2.23. The summed E-state index contributed by atoms with van der Waals surface area (Å²) in [4.78, 5) is 4.49. The minimum atomic E-state index is -4.31. The molecular formula is C25H24F5N3. The summed E-state index contributed by atoms with van der Waals surface area (Å²) in [6, 6.07) is 15.9. The Morgan fingerprint density at radius 2 is 1.73 bits per heavy atom. The molecule has 8 heteroatoms. The van der Waals surface area contributed by atoms with Gasteiger partial charge in [0.05, 0.1) is 11.5 Å². The van der Waals surface area contributed by atoms with Crippen molar-refractivity contribution in [1.82, 2.24) is 10.3 Å². The highest BCUT2D eigenvalue weighted by Gasteiger charge is 2.42. The molecule has 174 valence electrons. The van der Waals surface area contributed by atoms with Gasteiger partial charge in [-0.1, -0.05) is 49.0 Å². The van der Waals surface area contributed by atoms with E-state index in [1.807, 2.05) is 37.3 Å². The molecule has 1 atom stereocenters. The van der Waals surface area contributed by atoms with Gasteiger partial charge in [-0.15, -0.1) is 0 Å². The standard InChI is InChI=1S/C25H24F5N3/c1-16-8-9-22(32-15-16)24(33-17(2)31,13-18-6-4-3-5-7-18)20-10-19(11-21(26)12-20)14-25(29,30)23(27)28/h3-12,15,23,33H,2,13-14,31H2,1H3/t24-/m0/s1. The first-order chi connectivity index (χ1) is 15.5. The summed E-state index contributed by atoms with van der Waals surface area (Å²) in [6.07, 6.45) is -3.38. The van der Waals surface area contributed by atoms with E-state index >= 15 is 0 Å². The second kappa shape index (κ2) is 9.60. The molecule has 0 aliphatic rings. The molecule has 0 unspecified atom stereocenters. The van der Waals surface area contributed by atoms with Crippen molar-refractivity contribution < 1.29 is 22.0 Å². The third-order valence-electron chi connectivity index (χ3n) is 5.24. The summed E-state index contributed by atoms with van der Waals surface area (Å²) < 4.78 is 67.8. The molecular weight excluding hydrogens is 437 g/mol. The molecule has 0 fully saturated rings. The summed E-state index contributed by atoms with van der Waals surface area (Å²) in [6.45, 7) is 5.55. The van der Waals surface area contributed by atoms with Crippen molar-refractivity contribution in [2.75, 3.05) is 0 Å². The number of nitrogens with zero attached hydrogens (tertiary/aromatic N) is 1. The van der Waals surface area contributed by atoms with E-state index in [1.165, 1.54) is 6.07 Å². The first kappa shape index (κ1) is 24.2. The number of halogens is 5. The number of pyridine rings is 1. The lowest BCUT2D eigenvalue weighted by atomic mass is 9.79. The quantitative estimate of drug-likeness (QED) is 0.415. The Morgan fingerprint density at radius 1 is 1.03 bits per heavy atom. The Hall–Kier alpha value is -3.42. The Kier molecular flexibility index (Phi) is 7.05. The average Bonchev–Trinajstić information content (AvgIpc) is 2.73. The van der Waals surface area contributed by atoms with Gasteiger partial charge >= 0.3 is 12.3 Å². The van der Waals surface area contributed by atoms with Crippen molar-refractivity contribution in [3.8, 4) is 0 Å². The van der Waals surface area contributed by atoms with Crippen molar-refractivity contribution in [1.29, 1.82) is 0 Å². The normalized spacial score (nSPS) is 13.5. The summed E-state index contributed by atoms with van der Waals surface area (Å²) in [7, 11) is 0. The summed E-state index contributed by atoms with van der Waals surface area (Å²) in [5.41, 5.74) is 6.65. The van der Waals surface area contributed by atoms with Gasteiger partial charge in [0.1, 0.15) is 11.4 Å². The van der Waals surface area contributed by atoms with Crippen LogP contribution in [0.2, 0.25) is 0 Å². The topological polar surface area (TPSA) is 50.9 Å². The van der Waals surface area contributed by atoms with E-state index in [-0.39, 0.29) is 23.4 Å². The molecule has 33 heavy (non-hydrogen) atoms. The average molecular weight is 461 g/mol. The molecule has 0 aliphatic carbocycles. The van der Waals surface area contributed by atoms with Gasteiger partial charge in [-0.25, -0.2) is 13.2 Å². The highest BCUT2D eigenvalue weighted by molar-refractivity contribution is 5.42. The van der Waals surface area contributed by atoms with Crippen LogP contribution < -0.4 is 11.1 Å². The van der Waals surface area contributed by atoms with Gasteiger partial charge in [-0.05, 0) is 47.4 Å². The number of hydrogen-bond acceptors (Lipinski definition) is 3. The molecule has 3 nitrogen and oxygen atoms in total. The minimum absolute atomic E-state index is 0.0389. The number of alkyl halides is 4. The largest absolute Gasteiger partial charge is 0.386 e. The number of benzene rings is 2. The van der Waals surface area contributed by atoms with Crippen LogP contribution in [0.25, 0.3) is 0 Å². The van der Waals surface area contributed by atoms with Gasteiger partial charge in [-0.2, -0.15) is 8.78 Å². The van der Waals surface area contributed by atoms with E-state index < -0.39 is 30.1 Å². The monoisotopic (exact) mass is 461 g/mol. The molecule has 1 aromatic heterocycles. The third-order valence-corrected chi connectivity index (χ3v) is 5.24. The Bertz CT molecular complexity index is 1100. The molecule has 0 saturated heterocycles.